The molecule has 0 saturated heterocycles. The summed E-state index contributed by atoms with van der Waals surface area (Å²) < 4.78 is 29.7. The standard InChI is InChI=1S/C6HClO7S/c7-1-2(8)4(10)6-5(3(1)9)13-15(11,12)14-6/h8H. The smallest absolute Gasteiger partial charge is 0.501 e. The molecule has 0 aromatic rings. The molecule has 0 bridgehead atoms. The zero-order valence-electron chi connectivity index (χ0n) is 6.68. The number of Topliss-reactive ketones (excluding diaryl/α,β-unsaturated/α-hetero) is 2. The average Bonchev–Trinajstić information content (AvgIpc) is 2.48. The summed E-state index contributed by atoms with van der Waals surface area (Å²) in [5.74, 6) is -5.11. The first kappa shape index (κ1) is 9.99. The molecule has 9 heteroatoms. The molecule has 2 aliphatic rings. The van der Waals surface area contributed by atoms with E-state index in [2.05, 4.69) is 8.37 Å². The van der Waals surface area contributed by atoms with Crippen molar-refractivity contribution in [1.82, 2.24) is 0 Å². The van der Waals surface area contributed by atoms with Crippen LogP contribution < -0.4 is 0 Å². The third-order valence-corrected chi connectivity index (χ3v) is 2.70. The molecule has 0 aromatic carbocycles. The maximum atomic E-state index is 11.2. The normalized spacial score (nSPS) is 23.8. The second kappa shape index (κ2) is 2.74. The summed E-state index contributed by atoms with van der Waals surface area (Å²) in [6.45, 7) is 0. The van der Waals surface area contributed by atoms with Gasteiger partial charge in [0.25, 0.3) is 5.78 Å². The first-order valence-electron chi connectivity index (χ1n) is 3.40. The van der Waals surface area contributed by atoms with Crippen molar-refractivity contribution in [3.63, 3.8) is 0 Å². The summed E-state index contributed by atoms with van der Waals surface area (Å²) in [5, 5.41) is 8.24. The molecular formula is C6HClO7S. The molecule has 0 unspecified atom stereocenters. The number of aliphatic hydroxyl groups is 1. The Labute approximate surface area is 87.9 Å². The topological polar surface area (TPSA) is 107 Å². The first-order valence-corrected chi connectivity index (χ1v) is 5.11. The predicted octanol–water partition coefficient (Wildman–Crippen LogP) is -0.350. The van der Waals surface area contributed by atoms with Gasteiger partial charge in [0.15, 0.2) is 5.76 Å². The number of hydrogen-bond acceptors (Lipinski definition) is 7. The van der Waals surface area contributed by atoms with Crippen LogP contribution in [0.3, 0.4) is 0 Å². The van der Waals surface area contributed by atoms with Crippen molar-refractivity contribution in [1.29, 1.82) is 0 Å². The van der Waals surface area contributed by atoms with Crippen molar-refractivity contribution in [2.45, 2.75) is 0 Å². The van der Waals surface area contributed by atoms with Gasteiger partial charge < -0.3 is 13.5 Å². The van der Waals surface area contributed by atoms with Crippen LogP contribution in [0.15, 0.2) is 22.3 Å². The van der Waals surface area contributed by atoms with Crippen LogP contribution in [0.4, 0.5) is 0 Å². The lowest BCUT2D eigenvalue weighted by molar-refractivity contribution is -0.120. The highest BCUT2D eigenvalue weighted by molar-refractivity contribution is 7.82. The highest BCUT2D eigenvalue weighted by Gasteiger charge is 2.46. The summed E-state index contributed by atoms with van der Waals surface area (Å²) in [6.07, 6.45) is 0. The van der Waals surface area contributed by atoms with Crippen LogP contribution in [0, 0.1) is 0 Å². The monoisotopic (exact) mass is 252 g/mol. The molecule has 0 saturated carbocycles. The van der Waals surface area contributed by atoms with Gasteiger partial charge in [0.05, 0.1) is 0 Å². The van der Waals surface area contributed by atoms with Crippen molar-refractivity contribution in [2.75, 3.05) is 0 Å². The number of allylic oxidation sites excluding steroid dienone is 1. The third kappa shape index (κ3) is 1.29. The molecule has 0 radical (unpaired) electrons. The molecule has 1 aliphatic carbocycles. The predicted molar refractivity (Wildman–Crippen MR) is 43.6 cm³/mol. The zero-order chi connectivity index (χ0) is 11.4. The first-order chi connectivity index (χ1) is 6.83. The van der Waals surface area contributed by atoms with E-state index in [1.807, 2.05) is 0 Å². The number of hydrogen-bond donors (Lipinski definition) is 1. The number of aliphatic hydroxyl groups excluding tert-OH is 1. The van der Waals surface area contributed by atoms with Crippen molar-refractivity contribution in [3.8, 4) is 0 Å². The van der Waals surface area contributed by atoms with Crippen LogP contribution in [0.1, 0.15) is 0 Å². The maximum Gasteiger partial charge on any atom is 0.501 e. The van der Waals surface area contributed by atoms with Gasteiger partial charge in [-0.2, -0.15) is 0 Å². The average molecular weight is 253 g/mol. The summed E-state index contributed by atoms with van der Waals surface area (Å²) in [7, 11) is -4.45. The van der Waals surface area contributed by atoms with Crippen molar-refractivity contribution in [3.05, 3.63) is 22.3 Å². The van der Waals surface area contributed by atoms with Crippen LogP contribution in [-0.2, 0) is 28.4 Å². The number of rotatable bonds is 0. The van der Waals surface area contributed by atoms with Crippen molar-refractivity contribution >= 4 is 33.6 Å². The lowest BCUT2D eigenvalue weighted by atomic mass is 10.1. The second-order valence-corrected chi connectivity index (χ2v) is 4.08. The van der Waals surface area contributed by atoms with E-state index in [-0.39, 0.29) is 0 Å². The summed E-state index contributed by atoms with van der Waals surface area (Å²) in [5.41, 5.74) is 0. The van der Waals surface area contributed by atoms with E-state index in [1.54, 1.807) is 0 Å². The number of ketones is 2. The molecule has 15 heavy (non-hydrogen) atoms. The van der Waals surface area contributed by atoms with Gasteiger partial charge in [-0.1, -0.05) is 11.6 Å². The van der Waals surface area contributed by atoms with Crippen LogP contribution in [-0.4, -0.2) is 25.1 Å². The summed E-state index contributed by atoms with van der Waals surface area (Å²) >= 11 is 5.27. The fraction of sp³-hybridized carbons (Fsp3) is 0. The minimum absolute atomic E-state index is 0.806. The van der Waals surface area contributed by atoms with E-state index in [0.717, 1.165) is 0 Å². The van der Waals surface area contributed by atoms with Gasteiger partial charge in [-0.3, -0.25) is 9.59 Å². The largest absolute Gasteiger partial charge is 0.503 e. The molecule has 0 fully saturated rings. The summed E-state index contributed by atoms with van der Waals surface area (Å²) in [6, 6.07) is 0. The molecule has 1 N–H and O–H groups in total. The quantitative estimate of drug-likeness (QED) is 0.587. The minimum Gasteiger partial charge on any atom is -0.503 e. The van der Waals surface area contributed by atoms with Gasteiger partial charge in [-0.15, -0.1) is 8.42 Å². The molecule has 80 valence electrons. The fourth-order valence-electron chi connectivity index (χ4n) is 0.993. The molecule has 2 rings (SSSR count). The molecule has 0 aromatic heterocycles. The Bertz CT molecular complexity index is 510. The van der Waals surface area contributed by atoms with Gasteiger partial charge >= 0.3 is 10.4 Å². The molecule has 0 atom stereocenters. The van der Waals surface area contributed by atoms with E-state index in [9.17, 15) is 18.0 Å². The van der Waals surface area contributed by atoms with Gasteiger partial charge in [0.2, 0.25) is 17.3 Å². The number of carbonyl (C=O) groups excluding carboxylic acids is 2. The zero-order valence-corrected chi connectivity index (χ0v) is 8.26. The van der Waals surface area contributed by atoms with Crippen LogP contribution in [0.2, 0.25) is 0 Å². The molecule has 1 aliphatic heterocycles. The lowest BCUT2D eigenvalue weighted by Gasteiger charge is -2.06. The van der Waals surface area contributed by atoms with Crippen LogP contribution in [0.5, 0.6) is 0 Å². The fourth-order valence-corrected chi connectivity index (χ4v) is 1.91. The summed E-state index contributed by atoms with van der Waals surface area (Å²) in [4.78, 5) is 22.4. The van der Waals surface area contributed by atoms with E-state index in [0.29, 0.717) is 0 Å². The Balaban J connectivity index is 2.58. The van der Waals surface area contributed by atoms with E-state index in [1.165, 1.54) is 0 Å². The van der Waals surface area contributed by atoms with Gasteiger partial charge in [0.1, 0.15) is 5.03 Å². The molecule has 0 amide bonds. The third-order valence-electron chi connectivity index (χ3n) is 1.61. The van der Waals surface area contributed by atoms with Gasteiger partial charge in [-0.25, -0.2) is 0 Å². The molecule has 0 spiro atoms. The number of halogens is 1. The lowest BCUT2D eigenvalue weighted by Crippen LogP contribution is -2.20. The molecule has 7 nitrogen and oxygen atoms in total. The van der Waals surface area contributed by atoms with E-state index < -0.39 is 44.3 Å². The maximum absolute atomic E-state index is 11.2. The van der Waals surface area contributed by atoms with Crippen molar-refractivity contribution in [2.24, 2.45) is 0 Å². The van der Waals surface area contributed by atoms with Gasteiger partial charge in [0, 0.05) is 0 Å². The molecular weight excluding hydrogens is 252 g/mol. The van der Waals surface area contributed by atoms with E-state index in [4.69, 9.17) is 16.7 Å². The highest BCUT2D eigenvalue weighted by atomic mass is 35.5. The Morgan fingerprint density at radius 3 is 2.07 bits per heavy atom. The second-order valence-electron chi connectivity index (χ2n) is 2.55. The van der Waals surface area contributed by atoms with E-state index >= 15 is 0 Å². The highest BCUT2D eigenvalue weighted by Crippen LogP contribution is 2.33. The van der Waals surface area contributed by atoms with Crippen molar-refractivity contribution < 1.29 is 31.5 Å². The number of carbonyl (C=O) groups is 2. The Morgan fingerprint density at radius 1 is 1.07 bits per heavy atom. The van der Waals surface area contributed by atoms with Crippen LogP contribution >= 0.6 is 11.6 Å². The Hall–Kier alpha value is -1.54. The molecule has 1 heterocycles. The van der Waals surface area contributed by atoms with Crippen LogP contribution in [0.25, 0.3) is 0 Å². The SMILES string of the molecule is O=C1C(O)=C(Cl)C(=O)C2=C1OS(=O)(=O)O2. The Morgan fingerprint density at radius 2 is 1.53 bits per heavy atom. The Kier molecular flexibility index (Phi) is 1.82. The minimum atomic E-state index is -4.45. The van der Waals surface area contributed by atoms with Gasteiger partial charge in [-0.05, 0) is 0 Å².